The summed E-state index contributed by atoms with van der Waals surface area (Å²) >= 11 is 5.59. The normalized spacial score (nSPS) is 12.4. The van der Waals surface area contributed by atoms with E-state index >= 15 is 0 Å². The van der Waals surface area contributed by atoms with Gasteiger partial charge >= 0.3 is 0 Å². The van der Waals surface area contributed by atoms with Crippen LogP contribution in [0.1, 0.15) is 11.1 Å². The van der Waals surface area contributed by atoms with E-state index in [0.29, 0.717) is 24.0 Å². The molecule has 2 N–H and O–H groups in total. The topological polar surface area (TPSA) is 26.0 Å². The first-order valence-corrected chi connectivity index (χ1v) is 6.46. The lowest BCUT2D eigenvalue weighted by molar-refractivity contribution is 0.574. The molecule has 0 aliphatic heterocycles. The van der Waals surface area contributed by atoms with Crippen LogP contribution in [0, 0.1) is 17.5 Å². The van der Waals surface area contributed by atoms with Crippen LogP contribution in [-0.2, 0) is 12.8 Å². The summed E-state index contributed by atoms with van der Waals surface area (Å²) in [6, 6.07) is 7.38. The molecule has 0 radical (unpaired) electrons. The zero-order chi connectivity index (χ0) is 14.7. The first kappa shape index (κ1) is 14.9. The zero-order valence-corrected chi connectivity index (χ0v) is 11.3. The molecular formula is C15H13ClF3N. The Labute approximate surface area is 120 Å². The maximum atomic E-state index is 13.3. The second kappa shape index (κ2) is 6.29. The van der Waals surface area contributed by atoms with E-state index in [9.17, 15) is 13.2 Å². The third kappa shape index (κ3) is 3.99. The Hall–Kier alpha value is -1.52. The highest BCUT2D eigenvalue weighted by atomic mass is 35.5. The van der Waals surface area contributed by atoms with E-state index in [-0.39, 0.29) is 11.1 Å². The van der Waals surface area contributed by atoms with E-state index in [2.05, 4.69) is 0 Å². The minimum absolute atomic E-state index is 0.0505. The molecule has 5 heteroatoms. The molecule has 1 nitrogen and oxygen atoms in total. The van der Waals surface area contributed by atoms with Gasteiger partial charge < -0.3 is 5.73 Å². The lowest BCUT2D eigenvalue weighted by Crippen LogP contribution is -2.25. The van der Waals surface area contributed by atoms with E-state index in [1.165, 1.54) is 24.3 Å². The van der Waals surface area contributed by atoms with Gasteiger partial charge in [-0.1, -0.05) is 17.7 Å². The molecule has 0 saturated heterocycles. The van der Waals surface area contributed by atoms with Gasteiger partial charge in [0, 0.05) is 12.1 Å². The van der Waals surface area contributed by atoms with Gasteiger partial charge in [0.25, 0.3) is 0 Å². The SMILES string of the molecule is NC(Cc1cc(F)cc(F)c1)Cc1ccc(Cl)c(F)c1. The lowest BCUT2D eigenvalue weighted by atomic mass is 9.99. The first-order valence-electron chi connectivity index (χ1n) is 6.08. The Balaban J connectivity index is 2.04. The predicted octanol–water partition coefficient (Wildman–Crippen LogP) is 3.87. The van der Waals surface area contributed by atoms with Gasteiger partial charge in [0.05, 0.1) is 5.02 Å². The highest BCUT2D eigenvalue weighted by Gasteiger charge is 2.09. The molecule has 1 atom stereocenters. The molecule has 0 saturated carbocycles. The van der Waals surface area contributed by atoms with Gasteiger partial charge in [0.2, 0.25) is 0 Å². The van der Waals surface area contributed by atoms with Crippen LogP contribution in [0.25, 0.3) is 0 Å². The minimum Gasteiger partial charge on any atom is -0.327 e. The van der Waals surface area contributed by atoms with E-state index in [4.69, 9.17) is 17.3 Å². The maximum absolute atomic E-state index is 13.3. The third-order valence-electron chi connectivity index (χ3n) is 2.90. The molecule has 0 aliphatic rings. The Bertz CT molecular complexity index is 596. The summed E-state index contributed by atoms with van der Waals surface area (Å²) in [7, 11) is 0. The molecule has 2 aromatic rings. The molecule has 20 heavy (non-hydrogen) atoms. The molecule has 0 heterocycles. The summed E-state index contributed by atoms with van der Waals surface area (Å²) in [5.41, 5.74) is 7.09. The summed E-state index contributed by atoms with van der Waals surface area (Å²) in [6.07, 6.45) is 0.700. The molecule has 1 unspecified atom stereocenters. The van der Waals surface area contributed by atoms with E-state index in [0.717, 1.165) is 6.07 Å². The van der Waals surface area contributed by atoms with Gasteiger partial charge in [-0.2, -0.15) is 0 Å². The fourth-order valence-electron chi connectivity index (χ4n) is 2.07. The second-order valence-corrected chi connectivity index (χ2v) is 5.10. The average molecular weight is 300 g/mol. The molecular weight excluding hydrogens is 287 g/mol. The van der Waals surface area contributed by atoms with Crippen LogP contribution in [0.15, 0.2) is 36.4 Å². The fraction of sp³-hybridized carbons (Fsp3) is 0.200. The van der Waals surface area contributed by atoms with E-state index in [1.54, 1.807) is 6.07 Å². The van der Waals surface area contributed by atoms with Crippen molar-refractivity contribution in [2.24, 2.45) is 5.73 Å². The van der Waals surface area contributed by atoms with Crippen LogP contribution in [0.5, 0.6) is 0 Å². The van der Waals surface area contributed by atoms with Crippen molar-refractivity contribution in [1.82, 2.24) is 0 Å². The predicted molar refractivity (Wildman–Crippen MR) is 73.2 cm³/mol. The molecule has 106 valence electrons. The highest BCUT2D eigenvalue weighted by molar-refractivity contribution is 6.30. The molecule has 0 spiro atoms. The number of rotatable bonds is 4. The zero-order valence-electron chi connectivity index (χ0n) is 10.5. The second-order valence-electron chi connectivity index (χ2n) is 4.69. The first-order chi connectivity index (χ1) is 9.44. The summed E-state index contributed by atoms with van der Waals surface area (Å²) in [5.74, 6) is -1.78. The molecule has 0 aliphatic carbocycles. The average Bonchev–Trinajstić information content (AvgIpc) is 2.32. The standard InChI is InChI=1S/C15H13ClF3N/c16-14-2-1-9(7-15(14)19)5-13(20)6-10-3-11(17)8-12(18)4-10/h1-4,7-8,13H,5-6,20H2. The largest absolute Gasteiger partial charge is 0.327 e. The van der Waals surface area contributed by atoms with Crippen molar-refractivity contribution in [2.45, 2.75) is 18.9 Å². The minimum atomic E-state index is -0.635. The molecule has 2 aromatic carbocycles. The van der Waals surface area contributed by atoms with Gasteiger partial charge in [-0.25, -0.2) is 13.2 Å². The van der Waals surface area contributed by atoms with Gasteiger partial charge in [-0.3, -0.25) is 0 Å². The van der Waals surface area contributed by atoms with Crippen LogP contribution in [0.3, 0.4) is 0 Å². The molecule has 2 rings (SSSR count). The summed E-state index contributed by atoms with van der Waals surface area (Å²) in [6.45, 7) is 0. The van der Waals surface area contributed by atoms with Crippen molar-refractivity contribution < 1.29 is 13.2 Å². The third-order valence-corrected chi connectivity index (χ3v) is 3.21. The number of halogens is 4. The highest BCUT2D eigenvalue weighted by Crippen LogP contribution is 2.17. The molecule has 0 fully saturated rings. The number of benzene rings is 2. The number of hydrogen-bond acceptors (Lipinski definition) is 1. The van der Waals surface area contributed by atoms with Gasteiger partial charge in [0.1, 0.15) is 17.5 Å². The van der Waals surface area contributed by atoms with Crippen LogP contribution in [0.4, 0.5) is 13.2 Å². The van der Waals surface area contributed by atoms with Crippen LogP contribution in [-0.4, -0.2) is 6.04 Å². The summed E-state index contributed by atoms with van der Waals surface area (Å²) in [4.78, 5) is 0. The Morgan fingerprint density at radius 2 is 1.50 bits per heavy atom. The van der Waals surface area contributed by atoms with Gasteiger partial charge in [0.15, 0.2) is 0 Å². The van der Waals surface area contributed by atoms with Crippen LogP contribution >= 0.6 is 11.6 Å². The summed E-state index contributed by atoms with van der Waals surface area (Å²) in [5, 5.41) is 0.0505. The van der Waals surface area contributed by atoms with Crippen molar-refractivity contribution in [3.63, 3.8) is 0 Å². The van der Waals surface area contributed by atoms with Crippen molar-refractivity contribution in [1.29, 1.82) is 0 Å². The smallest absolute Gasteiger partial charge is 0.142 e. The quantitative estimate of drug-likeness (QED) is 0.911. The van der Waals surface area contributed by atoms with Crippen LogP contribution < -0.4 is 5.73 Å². The Morgan fingerprint density at radius 1 is 0.900 bits per heavy atom. The maximum Gasteiger partial charge on any atom is 0.142 e. The fourth-order valence-corrected chi connectivity index (χ4v) is 2.19. The molecule has 0 aromatic heterocycles. The molecule has 0 amide bonds. The van der Waals surface area contributed by atoms with Crippen LogP contribution in [0.2, 0.25) is 5.02 Å². The molecule has 0 bridgehead atoms. The van der Waals surface area contributed by atoms with E-state index in [1.807, 2.05) is 0 Å². The van der Waals surface area contributed by atoms with Crippen molar-refractivity contribution in [3.05, 3.63) is 70.0 Å². The monoisotopic (exact) mass is 299 g/mol. The van der Waals surface area contributed by atoms with Crippen molar-refractivity contribution in [3.8, 4) is 0 Å². The van der Waals surface area contributed by atoms with Crippen molar-refractivity contribution in [2.75, 3.05) is 0 Å². The number of nitrogens with two attached hydrogens (primary N) is 1. The number of hydrogen-bond donors (Lipinski definition) is 1. The Kier molecular flexibility index (Phi) is 4.68. The summed E-state index contributed by atoms with van der Waals surface area (Å²) < 4.78 is 39.4. The van der Waals surface area contributed by atoms with Crippen molar-refractivity contribution >= 4 is 11.6 Å². The van der Waals surface area contributed by atoms with Gasteiger partial charge in [-0.05, 0) is 48.2 Å². The van der Waals surface area contributed by atoms with E-state index < -0.39 is 17.5 Å². The lowest BCUT2D eigenvalue weighted by Gasteiger charge is -2.12. The Morgan fingerprint density at radius 3 is 2.10 bits per heavy atom. The van der Waals surface area contributed by atoms with Gasteiger partial charge in [-0.15, -0.1) is 0 Å².